The third-order valence-corrected chi connectivity index (χ3v) is 4.88. The van der Waals surface area contributed by atoms with E-state index in [-0.39, 0.29) is 0 Å². The second-order valence-electron chi connectivity index (χ2n) is 5.99. The van der Waals surface area contributed by atoms with Crippen LogP contribution in [0.2, 0.25) is 0 Å². The van der Waals surface area contributed by atoms with Gasteiger partial charge in [0.15, 0.2) is 0 Å². The fourth-order valence-corrected chi connectivity index (χ4v) is 3.46. The molecule has 2 heterocycles. The quantitative estimate of drug-likeness (QED) is 0.536. The second kappa shape index (κ2) is 7.61. The lowest BCUT2D eigenvalue weighted by atomic mass is 10.1. The first-order chi connectivity index (χ1) is 12.5. The SMILES string of the molecule is Cc1nc(CCNC(=O)C(=O)c2c(C)nn(-c3ccccc3)c2C)cs1. The summed E-state index contributed by atoms with van der Waals surface area (Å²) in [5.41, 5.74) is 3.33. The molecule has 3 rings (SSSR count). The molecule has 1 aromatic carbocycles. The molecule has 6 nitrogen and oxygen atoms in total. The minimum Gasteiger partial charge on any atom is -0.349 e. The molecular formula is C19H20N4O2S. The molecule has 0 aliphatic carbocycles. The van der Waals surface area contributed by atoms with Gasteiger partial charge < -0.3 is 5.32 Å². The van der Waals surface area contributed by atoms with E-state index < -0.39 is 11.7 Å². The van der Waals surface area contributed by atoms with Crippen molar-refractivity contribution in [3.63, 3.8) is 0 Å². The van der Waals surface area contributed by atoms with E-state index in [0.717, 1.165) is 16.4 Å². The normalized spacial score (nSPS) is 10.7. The summed E-state index contributed by atoms with van der Waals surface area (Å²) in [4.78, 5) is 29.2. The van der Waals surface area contributed by atoms with Crippen LogP contribution in [0.5, 0.6) is 0 Å². The van der Waals surface area contributed by atoms with E-state index in [1.54, 1.807) is 29.9 Å². The van der Waals surface area contributed by atoms with Crippen molar-refractivity contribution in [2.45, 2.75) is 27.2 Å². The molecule has 0 fully saturated rings. The monoisotopic (exact) mass is 368 g/mol. The maximum Gasteiger partial charge on any atom is 0.292 e. The van der Waals surface area contributed by atoms with Crippen molar-refractivity contribution in [1.29, 1.82) is 0 Å². The third-order valence-electron chi connectivity index (χ3n) is 4.06. The van der Waals surface area contributed by atoms with E-state index in [1.807, 2.05) is 42.6 Å². The van der Waals surface area contributed by atoms with Crippen LogP contribution in [0.3, 0.4) is 0 Å². The van der Waals surface area contributed by atoms with Gasteiger partial charge in [-0.05, 0) is 32.9 Å². The molecule has 0 bridgehead atoms. The highest BCUT2D eigenvalue weighted by molar-refractivity contribution is 7.09. The molecule has 1 N–H and O–H groups in total. The molecule has 0 spiro atoms. The Labute approximate surface area is 155 Å². The van der Waals surface area contributed by atoms with Gasteiger partial charge in [0.25, 0.3) is 11.7 Å². The number of benzene rings is 1. The number of rotatable bonds is 6. The fourth-order valence-electron chi connectivity index (χ4n) is 2.81. The standard InChI is InChI=1S/C19H20N4O2S/c1-12-17(13(2)23(22-12)16-7-5-4-6-8-16)18(24)19(25)20-10-9-15-11-26-14(3)21-15/h4-8,11H,9-10H2,1-3H3,(H,20,25). The number of nitrogens with zero attached hydrogens (tertiary/aromatic N) is 3. The van der Waals surface area contributed by atoms with Crippen LogP contribution in [-0.4, -0.2) is 33.0 Å². The molecule has 134 valence electrons. The van der Waals surface area contributed by atoms with Gasteiger partial charge in [-0.15, -0.1) is 11.3 Å². The molecule has 2 aromatic heterocycles. The third kappa shape index (κ3) is 3.72. The molecule has 0 aliphatic heterocycles. The zero-order valence-electron chi connectivity index (χ0n) is 14.9. The fraction of sp³-hybridized carbons (Fsp3) is 0.263. The first kappa shape index (κ1) is 18.0. The Morgan fingerprint density at radius 1 is 1.15 bits per heavy atom. The summed E-state index contributed by atoms with van der Waals surface area (Å²) >= 11 is 1.57. The van der Waals surface area contributed by atoms with Gasteiger partial charge in [0, 0.05) is 18.3 Å². The summed E-state index contributed by atoms with van der Waals surface area (Å²) in [6.07, 6.45) is 0.602. The minimum absolute atomic E-state index is 0.357. The topological polar surface area (TPSA) is 76.9 Å². The molecular weight excluding hydrogens is 348 g/mol. The number of hydrogen-bond donors (Lipinski definition) is 1. The number of carbonyl (C=O) groups excluding carboxylic acids is 2. The zero-order valence-corrected chi connectivity index (χ0v) is 15.8. The average molecular weight is 368 g/mol. The van der Waals surface area contributed by atoms with Crippen LogP contribution in [0.1, 0.15) is 32.4 Å². The van der Waals surface area contributed by atoms with E-state index in [4.69, 9.17) is 0 Å². The number of aryl methyl sites for hydroxylation is 2. The lowest BCUT2D eigenvalue weighted by molar-refractivity contribution is -0.116. The molecule has 0 unspecified atom stereocenters. The number of aromatic nitrogens is 3. The largest absolute Gasteiger partial charge is 0.349 e. The second-order valence-corrected chi connectivity index (χ2v) is 7.05. The molecule has 0 atom stereocenters. The number of carbonyl (C=O) groups is 2. The summed E-state index contributed by atoms with van der Waals surface area (Å²) in [7, 11) is 0. The predicted octanol–water partition coefficient (Wildman–Crippen LogP) is 2.80. The smallest absolute Gasteiger partial charge is 0.292 e. The van der Waals surface area contributed by atoms with Crippen molar-refractivity contribution < 1.29 is 9.59 Å². The molecule has 0 saturated carbocycles. The highest BCUT2D eigenvalue weighted by Gasteiger charge is 2.24. The van der Waals surface area contributed by atoms with Crippen LogP contribution in [0.15, 0.2) is 35.7 Å². The first-order valence-electron chi connectivity index (χ1n) is 8.32. The Hall–Kier alpha value is -2.80. The van der Waals surface area contributed by atoms with E-state index in [0.29, 0.717) is 29.9 Å². The predicted molar refractivity (Wildman–Crippen MR) is 101 cm³/mol. The number of para-hydroxylation sites is 1. The molecule has 0 saturated heterocycles. The zero-order chi connectivity index (χ0) is 18.7. The number of amides is 1. The van der Waals surface area contributed by atoms with Gasteiger partial charge in [0.2, 0.25) is 0 Å². The molecule has 3 aromatic rings. The number of ketones is 1. The van der Waals surface area contributed by atoms with Gasteiger partial charge in [-0.2, -0.15) is 5.10 Å². The van der Waals surface area contributed by atoms with Crippen molar-refractivity contribution in [1.82, 2.24) is 20.1 Å². The van der Waals surface area contributed by atoms with Gasteiger partial charge in [-0.25, -0.2) is 9.67 Å². The van der Waals surface area contributed by atoms with Crippen LogP contribution in [0, 0.1) is 20.8 Å². The van der Waals surface area contributed by atoms with Crippen LogP contribution >= 0.6 is 11.3 Å². The van der Waals surface area contributed by atoms with Gasteiger partial charge in [0.1, 0.15) is 0 Å². The molecule has 1 amide bonds. The maximum absolute atomic E-state index is 12.6. The maximum atomic E-state index is 12.6. The Morgan fingerprint density at radius 2 is 1.88 bits per heavy atom. The Balaban J connectivity index is 1.71. The average Bonchev–Trinajstić information content (AvgIpc) is 3.17. The van der Waals surface area contributed by atoms with Crippen molar-refractivity contribution in [2.24, 2.45) is 0 Å². The van der Waals surface area contributed by atoms with Crippen LogP contribution in [-0.2, 0) is 11.2 Å². The van der Waals surface area contributed by atoms with E-state index in [9.17, 15) is 9.59 Å². The van der Waals surface area contributed by atoms with E-state index >= 15 is 0 Å². The molecule has 7 heteroatoms. The number of Topliss-reactive ketones (excluding diaryl/α,β-unsaturated/α-hetero) is 1. The molecule has 0 radical (unpaired) electrons. The summed E-state index contributed by atoms with van der Waals surface area (Å²) in [5, 5.41) is 10.1. The summed E-state index contributed by atoms with van der Waals surface area (Å²) in [6, 6.07) is 9.53. The lowest BCUT2D eigenvalue weighted by Gasteiger charge is -2.05. The summed E-state index contributed by atoms with van der Waals surface area (Å²) in [5.74, 6) is -1.17. The van der Waals surface area contributed by atoms with Crippen LogP contribution in [0.4, 0.5) is 0 Å². The van der Waals surface area contributed by atoms with Gasteiger partial charge in [-0.3, -0.25) is 9.59 Å². The Bertz CT molecular complexity index is 944. The van der Waals surface area contributed by atoms with Crippen molar-refractivity contribution in [2.75, 3.05) is 6.54 Å². The lowest BCUT2D eigenvalue weighted by Crippen LogP contribution is -2.33. The molecule has 0 aliphatic rings. The van der Waals surface area contributed by atoms with Gasteiger partial charge in [-0.1, -0.05) is 18.2 Å². The van der Waals surface area contributed by atoms with Gasteiger partial charge >= 0.3 is 0 Å². The number of thiazole rings is 1. The summed E-state index contributed by atoms with van der Waals surface area (Å²) in [6.45, 7) is 5.85. The van der Waals surface area contributed by atoms with Crippen LogP contribution in [0.25, 0.3) is 5.69 Å². The Kier molecular flexibility index (Phi) is 5.27. The van der Waals surface area contributed by atoms with Crippen molar-refractivity contribution in [3.8, 4) is 5.69 Å². The molecule has 26 heavy (non-hydrogen) atoms. The van der Waals surface area contributed by atoms with E-state index in [1.165, 1.54) is 0 Å². The highest BCUT2D eigenvalue weighted by Crippen LogP contribution is 2.18. The van der Waals surface area contributed by atoms with Crippen molar-refractivity contribution in [3.05, 3.63) is 63.4 Å². The van der Waals surface area contributed by atoms with Crippen molar-refractivity contribution >= 4 is 23.0 Å². The van der Waals surface area contributed by atoms with Crippen LogP contribution < -0.4 is 5.32 Å². The first-order valence-corrected chi connectivity index (χ1v) is 9.20. The highest BCUT2D eigenvalue weighted by atomic mass is 32.1. The Morgan fingerprint density at radius 3 is 2.54 bits per heavy atom. The number of hydrogen-bond acceptors (Lipinski definition) is 5. The number of nitrogens with one attached hydrogen (secondary N) is 1. The van der Waals surface area contributed by atoms with E-state index in [2.05, 4.69) is 15.4 Å². The minimum atomic E-state index is -0.615. The van der Waals surface area contributed by atoms with Gasteiger partial charge in [0.05, 0.1) is 33.3 Å². The summed E-state index contributed by atoms with van der Waals surface area (Å²) < 4.78 is 1.69.